The van der Waals surface area contributed by atoms with Gasteiger partial charge in [0.25, 0.3) is 10.0 Å². The molecule has 0 bridgehead atoms. The van der Waals surface area contributed by atoms with E-state index >= 15 is 0 Å². The lowest BCUT2D eigenvalue weighted by Crippen LogP contribution is -2.42. The number of anilines is 1. The number of hydrogen-bond donors (Lipinski definition) is 1. The lowest BCUT2D eigenvalue weighted by Gasteiger charge is -2.22. The van der Waals surface area contributed by atoms with Gasteiger partial charge >= 0.3 is 11.9 Å². The highest BCUT2D eigenvalue weighted by Crippen LogP contribution is 2.36. The first kappa shape index (κ1) is 24.4. The first-order chi connectivity index (χ1) is 15.2. The summed E-state index contributed by atoms with van der Waals surface area (Å²) < 4.78 is 37.4. The maximum Gasteiger partial charge on any atom is 0.348 e. The molecule has 1 fully saturated rings. The van der Waals surface area contributed by atoms with E-state index in [4.69, 9.17) is 9.47 Å². The third kappa shape index (κ3) is 4.72. The minimum absolute atomic E-state index is 0.0684. The van der Waals surface area contributed by atoms with Crippen molar-refractivity contribution in [3.05, 3.63) is 33.5 Å². The topological polar surface area (TPSA) is 119 Å². The van der Waals surface area contributed by atoms with Gasteiger partial charge in [-0.1, -0.05) is 6.07 Å². The van der Waals surface area contributed by atoms with Crippen LogP contribution in [0.25, 0.3) is 0 Å². The van der Waals surface area contributed by atoms with Gasteiger partial charge in [-0.3, -0.25) is 4.79 Å². The second-order valence-electron chi connectivity index (χ2n) is 6.90. The Balaban J connectivity index is 1.91. The molecule has 12 heteroatoms. The van der Waals surface area contributed by atoms with Gasteiger partial charge in [0.15, 0.2) is 0 Å². The molecule has 3 heterocycles. The van der Waals surface area contributed by atoms with E-state index in [2.05, 4.69) is 5.32 Å². The molecule has 0 aliphatic carbocycles. The van der Waals surface area contributed by atoms with Gasteiger partial charge in [-0.15, -0.1) is 22.7 Å². The SMILES string of the molecule is CCOC(=O)c1sc(NC(=O)C2CCCN2S(=O)(=O)c2cccs2)c(C(=O)OCC)c1C. The molecule has 0 aromatic carbocycles. The Morgan fingerprint density at radius 1 is 1.19 bits per heavy atom. The number of hydrogen-bond acceptors (Lipinski definition) is 9. The van der Waals surface area contributed by atoms with Crippen LogP contribution < -0.4 is 5.32 Å². The molecular weight excluding hydrogens is 476 g/mol. The van der Waals surface area contributed by atoms with Crippen LogP contribution in [0, 0.1) is 6.92 Å². The maximum absolute atomic E-state index is 13.1. The van der Waals surface area contributed by atoms with Crippen molar-refractivity contribution >= 4 is 55.5 Å². The number of carbonyl (C=O) groups excluding carboxylic acids is 3. The largest absolute Gasteiger partial charge is 0.462 e. The van der Waals surface area contributed by atoms with E-state index in [-0.39, 0.29) is 39.4 Å². The molecule has 2 aromatic rings. The van der Waals surface area contributed by atoms with Gasteiger partial charge in [0.2, 0.25) is 5.91 Å². The number of nitrogens with one attached hydrogen (secondary N) is 1. The van der Waals surface area contributed by atoms with Crippen molar-refractivity contribution in [3.8, 4) is 0 Å². The van der Waals surface area contributed by atoms with Gasteiger partial charge in [-0.25, -0.2) is 18.0 Å². The zero-order valence-electron chi connectivity index (χ0n) is 17.9. The lowest BCUT2D eigenvalue weighted by molar-refractivity contribution is -0.119. The van der Waals surface area contributed by atoms with Crippen molar-refractivity contribution in [2.75, 3.05) is 25.1 Å². The molecule has 3 rings (SSSR count). The number of esters is 2. The summed E-state index contributed by atoms with van der Waals surface area (Å²) in [6, 6.07) is 2.21. The summed E-state index contributed by atoms with van der Waals surface area (Å²) in [5, 5.41) is 4.46. The number of carbonyl (C=O) groups is 3. The molecule has 1 saturated heterocycles. The minimum Gasteiger partial charge on any atom is -0.462 e. The molecule has 174 valence electrons. The molecule has 1 N–H and O–H groups in total. The Labute approximate surface area is 194 Å². The smallest absolute Gasteiger partial charge is 0.348 e. The average Bonchev–Trinajstić information content (AvgIpc) is 3.49. The molecule has 1 unspecified atom stereocenters. The molecule has 0 radical (unpaired) electrons. The van der Waals surface area contributed by atoms with E-state index in [1.165, 1.54) is 10.4 Å². The number of rotatable bonds is 8. The first-order valence-electron chi connectivity index (χ1n) is 10.1. The maximum atomic E-state index is 13.1. The normalized spacial score (nSPS) is 16.7. The number of amides is 1. The Bertz CT molecular complexity index is 1110. The standard InChI is InChI=1S/C20H24N2O7S3/c1-4-28-19(24)15-12(3)16(20(25)29-5-2)31-18(15)21-17(23)13-8-6-10-22(13)32(26,27)14-9-7-11-30-14/h7,9,11,13H,4-6,8,10H2,1-3H3,(H,21,23). The van der Waals surface area contributed by atoms with Gasteiger partial charge < -0.3 is 14.8 Å². The zero-order valence-corrected chi connectivity index (χ0v) is 20.3. The predicted octanol–water partition coefficient (Wildman–Crippen LogP) is 3.26. The second kappa shape index (κ2) is 10.1. The Morgan fingerprint density at radius 3 is 2.50 bits per heavy atom. The van der Waals surface area contributed by atoms with Crippen molar-refractivity contribution in [3.63, 3.8) is 0 Å². The lowest BCUT2D eigenvalue weighted by atomic mass is 10.1. The molecule has 0 spiro atoms. The van der Waals surface area contributed by atoms with Gasteiger partial charge in [0.1, 0.15) is 20.1 Å². The molecule has 0 saturated carbocycles. The third-order valence-corrected chi connectivity index (χ3v) is 9.36. The van der Waals surface area contributed by atoms with Crippen LogP contribution in [-0.4, -0.2) is 56.4 Å². The highest BCUT2D eigenvalue weighted by atomic mass is 32.2. The average molecular weight is 501 g/mol. The fraction of sp³-hybridized carbons (Fsp3) is 0.450. The van der Waals surface area contributed by atoms with Gasteiger partial charge in [-0.05, 0) is 50.6 Å². The van der Waals surface area contributed by atoms with E-state index in [0.717, 1.165) is 22.7 Å². The number of thiophene rings is 2. The van der Waals surface area contributed by atoms with Crippen molar-refractivity contribution in [2.24, 2.45) is 0 Å². The monoisotopic (exact) mass is 500 g/mol. The number of ether oxygens (including phenoxy) is 2. The highest BCUT2D eigenvalue weighted by molar-refractivity contribution is 7.91. The van der Waals surface area contributed by atoms with Gasteiger partial charge in [-0.2, -0.15) is 4.31 Å². The van der Waals surface area contributed by atoms with Crippen LogP contribution in [0.2, 0.25) is 0 Å². The Morgan fingerprint density at radius 2 is 1.88 bits per heavy atom. The van der Waals surface area contributed by atoms with E-state index in [0.29, 0.717) is 18.4 Å². The molecular formula is C20H24N2O7S3. The van der Waals surface area contributed by atoms with Crippen molar-refractivity contribution < 1.29 is 32.3 Å². The van der Waals surface area contributed by atoms with Crippen LogP contribution >= 0.6 is 22.7 Å². The van der Waals surface area contributed by atoms with E-state index in [1.807, 2.05) is 0 Å². The summed E-state index contributed by atoms with van der Waals surface area (Å²) in [5.74, 6) is -1.85. The van der Waals surface area contributed by atoms with Crippen molar-refractivity contribution in [2.45, 2.75) is 43.9 Å². The highest BCUT2D eigenvalue weighted by Gasteiger charge is 2.40. The molecule has 1 aliphatic heterocycles. The number of sulfonamides is 1. The van der Waals surface area contributed by atoms with E-state index in [1.54, 1.807) is 32.2 Å². The van der Waals surface area contributed by atoms with Crippen molar-refractivity contribution in [1.29, 1.82) is 0 Å². The van der Waals surface area contributed by atoms with E-state index < -0.39 is 33.9 Å². The summed E-state index contributed by atoms with van der Waals surface area (Å²) in [6.45, 7) is 5.39. The molecule has 9 nitrogen and oxygen atoms in total. The first-order valence-corrected chi connectivity index (χ1v) is 13.2. The van der Waals surface area contributed by atoms with Crippen molar-refractivity contribution in [1.82, 2.24) is 4.31 Å². The summed E-state index contributed by atoms with van der Waals surface area (Å²) in [7, 11) is -3.81. The summed E-state index contributed by atoms with van der Waals surface area (Å²) in [4.78, 5) is 38.1. The molecule has 1 atom stereocenters. The molecule has 1 aliphatic rings. The molecule has 32 heavy (non-hydrogen) atoms. The quantitative estimate of drug-likeness (QED) is 0.553. The van der Waals surface area contributed by atoms with Gasteiger partial charge in [0.05, 0.1) is 18.8 Å². The summed E-state index contributed by atoms with van der Waals surface area (Å²) in [5.41, 5.74) is 0.413. The minimum atomic E-state index is -3.81. The Hall–Kier alpha value is -2.28. The van der Waals surface area contributed by atoms with Crippen LogP contribution in [-0.2, 0) is 24.3 Å². The fourth-order valence-corrected chi connectivity index (χ4v) is 7.32. The van der Waals surface area contributed by atoms with Crippen LogP contribution in [0.3, 0.4) is 0 Å². The van der Waals surface area contributed by atoms with Crippen LogP contribution in [0.5, 0.6) is 0 Å². The van der Waals surface area contributed by atoms with Gasteiger partial charge in [0, 0.05) is 6.54 Å². The zero-order chi connectivity index (χ0) is 23.5. The summed E-state index contributed by atoms with van der Waals surface area (Å²) >= 11 is 2.00. The van der Waals surface area contributed by atoms with Crippen LogP contribution in [0.1, 0.15) is 52.3 Å². The Kier molecular flexibility index (Phi) is 7.70. The second-order valence-corrected chi connectivity index (χ2v) is 11.0. The molecule has 2 aromatic heterocycles. The van der Waals surface area contributed by atoms with E-state index in [9.17, 15) is 22.8 Å². The predicted molar refractivity (Wildman–Crippen MR) is 121 cm³/mol. The summed E-state index contributed by atoms with van der Waals surface area (Å²) in [6.07, 6.45) is 0.880. The van der Waals surface area contributed by atoms with Crippen LogP contribution in [0.4, 0.5) is 5.00 Å². The number of nitrogens with zero attached hydrogens (tertiary/aromatic N) is 1. The fourth-order valence-electron chi connectivity index (χ4n) is 3.45. The van der Waals surface area contributed by atoms with Crippen LogP contribution in [0.15, 0.2) is 21.7 Å². The molecule has 1 amide bonds. The third-order valence-electron chi connectivity index (χ3n) is 4.89.